The normalized spacial score (nSPS) is 23.6. The molecule has 28 heavy (non-hydrogen) atoms. The second kappa shape index (κ2) is 8.95. The van der Waals surface area contributed by atoms with E-state index in [0.717, 1.165) is 37.4 Å². The van der Waals surface area contributed by atoms with Gasteiger partial charge in [-0.25, -0.2) is 0 Å². The molecule has 0 N–H and O–H groups in total. The van der Waals surface area contributed by atoms with Gasteiger partial charge < -0.3 is 14.7 Å². The van der Waals surface area contributed by atoms with Crippen molar-refractivity contribution in [1.29, 1.82) is 0 Å². The number of carbonyl (C=O) groups is 2. The number of amides is 2. The summed E-state index contributed by atoms with van der Waals surface area (Å²) in [5.41, 5.74) is 1.76. The van der Waals surface area contributed by atoms with Gasteiger partial charge in [0, 0.05) is 64.6 Å². The molecule has 3 rings (SSSR count). The summed E-state index contributed by atoms with van der Waals surface area (Å²) in [5, 5.41) is 0. The van der Waals surface area contributed by atoms with Crippen molar-refractivity contribution in [2.75, 3.05) is 64.8 Å². The maximum Gasteiger partial charge on any atom is 0.254 e. The summed E-state index contributed by atoms with van der Waals surface area (Å²) in [4.78, 5) is 33.7. The number of hydrogen-bond donors (Lipinski definition) is 0. The summed E-state index contributed by atoms with van der Waals surface area (Å²) >= 11 is 0. The molecule has 2 atom stereocenters. The van der Waals surface area contributed by atoms with Crippen LogP contribution in [0, 0.1) is 11.8 Å². The lowest BCUT2D eigenvalue weighted by molar-refractivity contribution is -0.135. The molecule has 0 aliphatic carbocycles. The Bertz CT molecular complexity index is 688. The number of likely N-dealkylation sites (tertiary alicyclic amines) is 1. The fourth-order valence-corrected chi connectivity index (χ4v) is 4.37. The minimum absolute atomic E-state index is 0.0772. The smallest absolute Gasteiger partial charge is 0.254 e. The zero-order chi connectivity index (χ0) is 20.3. The average molecular weight is 387 g/mol. The molecular weight excluding hydrogens is 352 g/mol. The molecule has 1 aromatic carbocycles. The molecule has 154 valence electrons. The van der Waals surface area contributed by atoms with E-state index in [9.17, 15) is 9.59 Å². The van der Waals surface area contributed by atoms with Crippen LogP contribution in [-0.2, 0) is 4.79 Å². The van der Waals surface area contributed by atoms with E-state index in [0.29, 0.717) is 31.5 Å². The number of hydrogen-bond acceptors (Lipinski definition) is 4. The van der Waals surface area contributed by atoms with E-state index in [1.807, 2.05) is 53.1 Å². The minimum atomic E-state index is 0.0772. The molecule has 2 aliphatic heterocycles. The van der Waals surface area contributed by atoms with Crippen molar-refractivity contribution in [3.8, 4) is 0 Å². The maximum absolute atomic E-state index is 12.8. The summed E-state index contributed by atoms with van der Waals surface area (Å²) < 4.78 is 0. The third-order valence-electron chi connectivity index (χ3n) is 5.85. The molecule has 0 aromatic heterocycles. The van der Waals surface area contributed by atoms with Crippen molar-refractivity contribution in [2.45, 2.75) is 20.3 Å². The highest BCUT2D eigenvalue weighted by Crippen LogP contribution is 2.21. The van der Waals surface area contributed by atoms with Crippen LogP contribution >= 0.6 is 0 Å². The molecule has 0 spiro atoms. The van der Waals surface area contributed by atoms with E-state index in [-0.39, 0.29) is 11.8 Å². The molecule has 0 radical (unpaired) electrons. The number of piperazine rings is 1. The van der Waals surface area contributed by atoms with Gasteiger partial charge in [0.15, 0.2) is 0 Å². The van der Waals surface area contributed by atoms with Crippen molar-refractivity contribution < 1.29 is 9.59 Å². The molecule has 6 heteroatoms. The van der Waals surface area contributed by atoms with E-state index < -0.39 is 0 Å². The zero-order valence-electron chi connectivity index (χ0n) is 17.7. The van der Waals surface area contributed by atoms with Crippen LogP contribution in [0.15, 0.2) is 24.3 Å². The summed E-state index contributed by atoms with van der Waals surface area (Å²) in [6.45, 7) is 9.53. The van der Waals surface area contributed by atoms with Gasteiger partial charge in [0.1, 0.15) is 0 Å². The molecule has 0 saturated carbocycles. The Hall–Kier alpha value is -2.08. The molecule has 1 aromatic rings. The second-order valence-corrected chi connectivity index (χ2v) is 8.76. The van der Waals surface area contributed by atoms with Gasteiger partial charge >= 0.3 is 0 Å². The predicted molar refractivity (Wildman–Crippen MR) is 113 cm³/mol. The summed E-state index contributed by atoms with van der Waals surface area (Å²) in [6.07, 6.45) is 1.21. The van der Waals surface area contributed by atoms with Crippen LogP contribution in [0.25, 0.3) is 0 Å². The number of benzene rings is 1. The highest BCUT2D eigenvalue weighted by atomic mass is 16.2. The van der Waals surface area contributed by atoms with Gasteiger partial charge in [0.25, 0.3) is 5.91 Å². The first-order valence-corrected chi connectivity index (χ1v) is 10.4. The molecular formula is C22H34N4O2. The Morgan fingerprint density at radius 3 is 2.25 bits per heavy atom. The summed E-state index contributed by atoms with van der Waals surface area (Å²) in [5.74, 6) is 1.48. The van der Waals surface area contributed by atoms with Crippen LogP contribution < -0.4 is 4.90 Å². The van der Waals surface area contributed by atoms with Gasteiger partial charge in [-0.1, -0.05) is 19.9 Å². The highest BCUT2D eigenvalue weighted by Gasteiger charge is 2.28. The lowest BCUT2D eigenvalue weighted by Crippen LogP contribution is -2.53. The number of rotatable bonds is 4. The van der Waals surface area contributed by atoms with E-state index >= 15 is 0 Å². The Labute approximate surface area is 169 Å². The van der Waals surface area contributed by atoms with Crippen molar-refractivity contribution >= 4 is 17.5 Å². The fourth-order valence-electron chi connectivity index (χ4n) is 4.37. The second-order valence-electron chi connectivity index (χ2n) is 8.76. The monoisotopic (exact) mass is 386 g/mol. The molecule has 2 heterocycles. The Kier molecular flexibility index (Phi) is 6.60. The molecule has 2 amide bonds. The Morgan fingerprint density at radius 2 is 1.64 bits per heavy atom. The van der Waals surface area contributed by atoms with Gasteiger partial charge in [-0.05, 0) is 36.5 Å². The lowest BCUT2D eigenvalue weighted by Gasteiger charge is -2.38. The molecule has 2 aliphatic rings. The quantitative estimate of drug-likeness (QED) is 0.794. The molecule has 2 fully saturated rings. The van der Waals surface area contributed by atoms with Gasteiger partial charge in [-0.2, -0.15) is 0 Å². The molecule has 2 saturated heterocycles. The van der Waals surface area contributed by atoms with Crippen molar-refractivity contribution in [1.82, 2.24) is 14.7 Å². The molecule has 6 nitrogen and oxygen atoms in total. The molecule has 0 bridgehead atoms. The average Bonchev–Trinajstić information content (AvgIpc) is 2.67. The summed E-state index contributed by atoms with van der Waals surface area (Å²) in [6, 6.07) is 7.75. The van der Waals surface area contributed by atoms with Crippen LogP contribution in [0.4, 0.5) is 5.69 Å². The van der Waals surface area contributed by atoms with Crippen LogP contribution in [0.3, 0.4) is 0 Å². The number of piperidine rings is 1. The third kappa shape index (κ3) is 5.04. The largest absolute Gasteiger partial charge is 0.378 e. The van der Waals surface area contributed by atoms with Gasteiger partial charge in [0.2, 0.25) is 5.91 Å². The summed E-state index contributed by atoms with van der Waals surface area (Å²) in [7, 11) is 3.95. The predicted octanol–water partition coefficient (Wildman–Crippen LogP) is 2.01. The third-order valence-corrected chi connectivity index (χ3v) is 5.85. The van der Waals surface area contributed by atoms with E-state index in [4.69, 9.17) is 0 Å². The van der Waals surface area contributed by atoms with Crippen LogP contribution in [0.5, 0.6) is 0 Å². The minimum Gasteiger partial charge on any atom is -0.378 e. The SMILES string of the molecule is CC1CC(C)CN(C(=O)CN2CCN(C(=O)c3cccc(N(C)C)c3)CC2)C1. The molecule has 2 unspecified atom stereocenters. The van der Waals surface area contributed by atoms with Gasteiger partial charge in [-0.3, -0.25) is 14.5 Å². The Balaban J connectivity index is 1.51. The van der Waals surface area contributed by atoms with Crippen molar-refractivity contribution in [3.05, 3.63) is 29.8 Å². The lowest BCUT2D eigenvalue weighted by atomic mass is 9.92. The fraction of sp³-hybridized carbons (Fsp3) is 0.636. The first-order valence-electron chi connectivity index (χ1n) is 10.4. The first kappa shape index (κ1) is 20.6. The number of carbonyl (C=O) groups excluding carboxylic acids is 2. The maximum atomic E-state index is 12.8. The Morgan fingerprint density at radius 1 is 1.00 bits per heavy atom. The van der Waals surface area contributed by atoms with Crippen LogP contribution in [0.2, 0.25) is 0 Å². The standard InChI is InChI=1S/C22H34N4O2/c1-17-12-18(2)15-26(14-17)21(27)16-24-8-10-25(11-9-24)22(28)19-6-5-7-20(13-19)23(3)4/h5-7,13,17-18H,8-12,14-16H2,1-4H3. The first-order chi connectivity index (χ1) is 13.3. The zero-order valence-corrected chi connectivity index (χ0v) is 17.7. The van der Waals surface area contributed by atoms with E-state index in [1.165, 1.54) is 6.42 Å². The highest BCUT2D eigenvalue weighted by molar-refractivity contribution is 5.95. The van der Waals surface area contributed by atoms with Gasteiger partial charge in [-0.15, -0.1) is 0 Å². The van der Waals surface area contributed by atoms with E-state index in [2.05, 4.69) is 18.7 Å². The van der Waals surface area contributed by atoms with Crippen LogP contribution in [-0.4, -0.2) is 86.4 Å². The number of anilines is 1. The van der Waals surface area contributed by atoms with Crippen LogP contribution in [0.1, 0.15) is 30.6 Å². The number of nitrogens with zero attached hydrogens (tertiary/aromatic N) is 4. The van der Waals surface area contributed by atoms with E-state index in [1.54, 1.807) is 0 Å². The van der Waals surface area contributed by atoms with Crippen molar-refractivity contribution in [2.24, 2.45) is 11.8 Å². The van der Waals surface area contributed by atoms with Gasteiger partial charge in [0.05, 0.1) is 6.54 Å². The topological polar surface area (TPSA) is 47.1 Å². The van der Waals surface area contributed by atoms with Crippen molar-refractivity contribution in [3.63, 3.8) is 0 Å².